The van der Waals surface area contributed by atoms with Crippen molar-refractivity contribution in [1.82, 2.24) is 14.9 Å². The molecule has 1 aliphatic rings. The van der Waals surface area contributed by atoms with Gasteiger partial charge >= 0.3 is 0 Å². The van der Waals surface area contributed by atoms with Gasteiger partial charge in [0.05, 0.1) is 25.9 Å². The predicted octanol–water partition coefficient (Wildman–Crippen LogP) is 3.14. The van der Waals surface area contributed by atoms with Crippen LogP contribution in [-0.2, 0) is 4.74 Å². The van der Waals surface area contributed by atoms with E-state index in [1.807, 2.05) is 31.3 Å². The molecule has 0 spiro atoms. The average Bonchev–Trinajstić information content (AvgIpc) is 3.11. The van der Waals surface area contributed by atoms with E-state index in [1.54, 1.807) is 24.3 Å². The van der Waals surface area contributed by atoms with Crippen molar-refractivity contribution >= 4 is 16.8 Å². The second kappa shape index (κ2) is 7.28. The van der Waals surface area contributed by atoms with Crippen molar-refractivity contribution in [1.29, 1.82) is 0 Å². The van der Waals surface area contributed by atoms with Crippen LogP contribution in [-0.4, -0.2) is 54.2 Å². The highest BCUT2D eigenvalue weighted by atomic mass is 16.5. The van der Waals surface area contributed by atoms with Gasteiger partial charge in [-0.05, 0) is 24.6 Å². The third kappa shape index (κ3) is 3.33. The Hall–Kier alpha value is -3.06. The number of H-pyrrole nitrogens is 1. The van der Waals surface area contributed by atoms with E-state index in [1.165, 1.54) is 0 Å². The monoisotopic (exact) mass is 367 g/mol. The molecule has 27 heavy (non-hydrogen) atoms. The van der Waals surface area contributed by atoms with Crippen LogP contribution in [0.15, 0.2) is 36.7 Å². The zero-order chi connectivity index (χ0) is 18.8. The number of ether oxygens (including phenoxy) is 3. The Bertz CT molecular complexity index is 977. The number of aromatic amines is 1. The van der Waals surface area contributed by atoms with Gasteiger partial charge < -0.3 is 24.1 Å². The number of nitrogens with zero attached hydrogens (tertiary/aromatic N) is 2. The van der Waals surface area contributed by atoms with Gasteiger partial charge in [0.1, 0.15) is 17.0 Å². The summed E-state index contributed by atoms with van der Waals surface area (Å²) in [6.45, 7) is 4.26. The van der Waals surface area contributed by atoms with Gasteiger partial charge in [0, 0.05) is 36.9 Å². The summed E-state index contributed by atoms with van der Waals surface area (Å²) in [6, 6.07) is 7.31. The van der Waals surface area contributed by atoms with E-state index >= 15 is 0 Å². The minimum atomic E-state index is -0.0357. The SMILES string of the molecule is COc1cccc(Oc2ncc(C(=O)N3CCOCC3)c3c(C)c[nH]c23)c1. The first kappa shape index (κ1) is 17.4. The van der Waals surface area contributed by atoms with Gasteiger partial charge in [0.25, 0.3) is 5.91 Å². The second-order valence-corrected chi connectivity index (χ2v) is 6.38. The lowest BCUT2D eigenvalue weighted by Crippen LogP contribution is -2.40. The summed E-state index contributed by atoms with van der Waals surface area (Å²) in [6.07, 6.45) is 3.46. The summed E-state index contributed by atoms with van der Waals surface area (Å²) in [4.78, 5) is 22.4. The molecule has 0 bridgehead atoms. The summed E-state index contributed by atoms with van der Waals surface area (Å²) in [7, 11) is 1.61. The molecular weight excluding hydrogens is 346 g/mol. The molecule has 3 aromatic rings. The van der Waals surface area contributed by atoms with Crippen molar-refractivity contribution in [2.75, 3.05) is 33.4 Å². The molecule has 4 rings (SSSR count). The van der Waals surface area contributed by atoms with Crippen LogP contribution in [0.5, 0.6) is 17.4 Å². The Morgan fingerprint density at radius 1 is 1.26 bits per heavy atom. The van der Waals surface area contributed by atoms with Crippen LogP contribution < -0.4 is 9.47 Å². The molecule has 3 heterocycles. The summed E-state index contributed by atoms with van der Waals surface area (Å²) >= 11 is 0. The van der Waals surface area contributed by atoms with E-state index in [9.17, 15) is 4.79 Å². The van der Waals surface area contributed by atoms with Crippen LogP contribution in [0.3, 0.4) is 0 Å². The molecule has 1 aliphatic heterocycles. The van der Waals surface area contributed by atoms with E-state index in [4.69, 9.17) is 14.2 Å². The number of nitrogens with one attached hydrogen (secondary N) is 1. The Morgan fingerprint density at radius 3 is 2.81 bits per heavy atom. The first-order valence-electron chi connectivity index (χ1n) is 8.83. The Balaban J connectivity index is 1.71. The van der Waals surface area contributed by atoms with Crippen LogP contribution in [0, 0.1) is 6.92 Å². The minimum Gasteiger partial charge on any atom is -0.497 e. The molecule has 1 amide bonds. The largest absolute Gasteiger partial charge is 0.497 e. The van der Waals surface area contributed by atoms with E-state index in [-0.39, 0.29) is 5.91 Å². The number of carbonyl (C=O) groups excluding carboxylic acids is 1. The standard InChI is InChI=1S/C20H21N3O4/c1-13-11-21-18-17(13)16(20(24)23-6-8-26-9-7-23)12-22-19(18)27-15-5-3-4-14(10-15)25-2/h3-5,10-12,21H,6-9H2,1-2H3. The number of amides is 1. The number of aromatic nitrogens is 2. The fourth-order valence-corrected chi connectivity index (χ4v) is 3.24. The van der Waals surface area contributed by atoms with Crippen LogP contribution in [0.1, 0.15) is 15.9 Å². The first-order valence-corrected chi connectivity index (χ1v) is 8.83. The molecule has 1 N–H and O–H groups in total. The molecule has 0 aliphatic carbocycles. The number of carbonyl (C=O) groups is 1. The molecule has 0 unspecified atom stereocenters. The first-order chi connectivity index (χ1) is 13.2. The van der Waals surface area contributed by atoms with E-state index in [2.05, 4.69) is 9.97 Å². The van der Waals surface area contributed by atoms with Gasteiger partial charge in [0.15, 0.2) is 0 Å². The van der Waals surface area contributed by atoms with E-state index in [0.717, 1.165) is 10.9 Å². The lowest BCUT2D eigenvalue weighted by atomic mass is 10.1. The number of hydrogen-bond donors (Lipinski definition) is 1. The van der Waals surface area contributed by atoms with Gasteiger partial charge in [0.2, 0.25) is 5.88 Å². The van der Waals surface area contributed by atoms with Crippen molar-refractivity contribution in [3.63, 3.8) is 0 Å². The van der Waals surface area contributed by atoms with Gasteiger partial charge in [-0.2, -0.15) is 0 Å². The maximum Gasteiger partial charge on any atom is 0.256 e. The van der Waals surface area contributed by atoms with Gasteiger partial charge in [-0.15, -0.1) is 0 Å². The molecular formula is C20H21N3O4. The number of morpholine rings is 1. The maximum atomic E-state index is 13.0. The van der Waals surface area contributed by atoms with Gasteiger partial charge in [-0.3, -0.25) is 4.79 Å². The highest BCUT2D eigenvalue weighted by Crippen LogP contribution is 2.32. The van der Waals surface area contributed by atoms with Crippen molar-refractivity contribution in [3.05, 3.63) is 47.8 Å². The molecule has 7 nitrogen and oxygen atoms in total. The van der Waals surface area contributed by atoms with Crippen LogP contribution in [0.4, 0.5) is 0 Å². The fraction of sp³-hybridized carbons (Fsp3) is 0.300. The molecule has 0 atom stereocenters. The van der Waals surface area contributed by atoms with Crippen molar-refractivity contribution in [2.24, 2.45) is 0 Å². The lowest BCUT2D eigenvalue weighted by molar-refractivity contribution is 0.0304. The second-order valence-electron chi connectivity index (χ2n) is 6.38. The van der Waals surface area contributed by atoms with E-state index in [0.29, 0.717) is 54.8 Å². The zero-order valence-electron chi connectivity index (χ0n) is 15.3. The number of benzene rings is 1. The molecule has 2 aromatic heterocycles. The third-order valence-corrected chi connectivity index (χ3v) is 4.66. The highest BCUT2D eigenvalue weighted by Gasteiger charge is 2.23. The molecule has 1 aromatic carbocycles. The van der Waals surface area contributed by atoms with Crippen LogP contribution in [0.25, 0.3) is 10.9 Å². The molecule has 0 radical (unpaired) electrons. The molecule has 0 saturated carbocycles. The summed E-state index contributed by atoms with van der Waals surface area (Å²) in [5.74, 6) is 1.70. The van der Waals surface area contributed by atoms with Gasteiger partial charge in [-0.25, -0.2) is 4.98 Å². The highest BCUT2D eigenvalue weighted by molar-refractivity contribution is 6.08. The predicted molar refractivity (Wildman–Crippen MR) is 101 cm³/mol. The summed E-state index contributed by atoms with van der Waals surface area (Å²) < 4.78 is 16.5. The van der Waals surface area contributed by atoms with Crippen molar-refractivity contribution < 1.29 is 19.0 Å². The van der Waals surface area contributed by atoms with Crippen molar-refractivity contribution in [3.8, 4) is 17.4 Å². The number of hydrogen-bond acceptors (Lipinski definition) is 5. The molecule has 7 heteroatoms. The Kier molecular flexibility index (Phi) is 4.68. The Labute approximate surface area is 156 Å². The summed E-state index contributed by atoms with van der Waals surface area (Å²) in [5, 5.41) is 0.833. The fourth-order valence-electron chi connectivity index (χ4n) is 3.24. The number of fused-ring (bicyclic) bond motifs is 1. The number of aryl methyl sites for hydroxylation is 1. The number of pyridine rings is 1. The summed E-state index contributed by atoms with van der Waals surface area (Å²) in [5.41, 5.74) is 2.25. The van der Waals surface area contributed by atoms with E-state index < -0.39 is 0 Å². The molecule has 140 valence electrons. The molecule has 1 fully saturated rings. The minimum absolute atomic E-state index is 0.0357. The zero-order valence-corrected chi connectivity index (χ0v) is 15.3. The number of rotatable bonds is 4. The van der Waals surface area contributed by atoms with Crippen molar-refractivity contribution in [2.45, 2.75) is 6.92 Å². The molecule has 1 saturated heterocycles. The smallest absolute Gasteiger partial charge is 0.256 e. The number of methoxy groups -OCH3 is 1. The van der Waals surface area contributed by atoms with Crippen LogP contribution >= 0.6 is 0 Å². The van der Waals surface area contributed by atoms with Crippen LogP contribution in [0.2, 0.25) is 0 Å². The maximum absolute atomic E-state index is 13.0. The average molecular weight is 367 g/mol. The third-order valence-electron chi connectivity index (χ3n) is 4.66. The topological polar surface area (TPSA) is 76.7 Å². The van der Waals surface area contributed by atoms with Gasteiger partial charge in [-0.1, -0.05) is 6.07 Å². The normalized spacial score (nSPS) is 14.4. The lowest BCUT2D eigenvalue weighted by Gasteiger charge is -2.27. The Morgan fingerprint density at radius 2 is 2.04 bits per heavy atom. The quantitative estimate of drug-likeness (QED) is 0.767.